The zero-order chi connectivity index (χ0) is 10.8. The van der Waals surface area contributed by atoms with Gasteiger partial charge in [-0.2, -0.15) is 0 Å². The second-order valence-electron chi connectivity index (χ2n) is 3.08. The van der Waals surface area contributed by atoms with Crippen LogP contribution in [0.5, 0.6) is 0 Å². The van der Waals surface area contributed by atoms with Gasteiger partial charge in [0.15, 0.2) is 0 Å². The number of rotatable bonds is 4. The van der Waals surface area contributed by atoms with E-state index in [1.807, 2.05) is 12.1 Å². The van der Waals surface area contributed by atoms with Gasteiger partial charge in [-0.1, -0.05) is 31.9 Å². The van der Waals surface area contributed by atoms with Crippen LogP contribution < -0.4 is 0 Å². The lowest BCUT2D eigenvalue weighted by atomic mass is 10.1. The molecular weight excluding hydrogens is 175 g/mol. The molecule has 14 heavy (non-hydrogen) atoms. The summed E-state index contributed by atoms with van der Waals surface area (Å²) >= 11 is 0. The van der Waals surface area contributed by atoms with Crippen molar-refractivity contribution in [1.29, 1.82) is 0 Å². The third-order valence-corrected chi connectivity index (χ3v) is 1.98. The zero-order valence-corrected chi connectivity index (χ0v) is 8.67. The summed E-state index contributed by atoms with van der Waals surface area (Å²) in [5.41, 5.74) is 1.24. The molecule has 0 heterocycles. The maximum absolute atomic E-state index is 12.5. The lowest BCUT2D eigenvalue weighted by Gasteiger charge is -1.99. The number of aryl methyl sites for hydroxylation is 1. The van der Waals surface area contributed by atoms with Crippen LogP contribution in [0.1, 0.15) is 31.7 Å². The average molecular weight is 192 g/mol. The summed E-state index contributed by atoms with van der Waals surface area (Å²) < 4.78 is 12.5. The third kappa shape index (κ3) is 5.37. The summed E-state index contributed by atoms with van der Waals surface area (Å²) in [6.07, 6.45) is 12.8. The predicted molar refractivity (Wildman–Crippen MR) is 59.5 cm³/mol. The van der Waals surface area contributed by atoms with E-state index in [9.17, 15) is 4.39 Å². The van der Waals surface area contributed by atoms with Gasteiger partial charge in [0.2, 0.25) is 0 Å². The minimum atomic E-state index is -0.144. The highest BCUT2D eigenvalue weighted by molar-refractivity contribution is 5.15. The molecule has 1 heteroatoms. The lowest BCUT2D eigenvalue weighted by molar-refractivity contribution is 0.626. The van der Waals surface area contributed by atoms with Gasteiger partial charge in [-0.25, -0.2) is 4.39 Å². The average Bonchev–Trinajstić information content (AvgIpc) is 2.24. The van der Waals surface area contributed by atoms with Crippen LogP contribution in [0.15, 0.2) is 24.3 Å². The number of hydrogen-bond acceptors (Lipinski definition) is 0. The number of benzene rings is 1. The summed E-state index contributed by atoms with van der Waals surface area (Å²) in [7, 11) is 0. The molecule has 0 fully saturated rings. The molecule has 0 unspecified atom stereocenters. The molecule has 0 radical (unpaired) electrons. The molecule has 0 aliphatic rings. The van der Waals surface area contributed by atoms with Gasteiger partial charge in [-0.3, -0.25) is 0 Å². The molecule has 0 aliphatic carbocycles. The Kier molecular flexibility index (Phi) is 7.55. The van der Waals surface area contributed by atoms with E-state index in [1.165, 1.54) is 37.0 Å². The Bertz CT molecular complexity index is 246. The van der Waals surface area contributed by atoms with Crippen molar-refractivity contribution in [3.63, 3.8) is 0 Å². The van der Waals surface area contributed by atoms with Crippen molar-refractivity contribution in [3.8, 4) is 12.8 Å². The van der Waals surface area contributed by atoms with E-state index >= 15 is 0 Å². The van der Waals surface area contributed by atoms with Gasteiger partial charge in [0.25, 0.3) is 0 Å². The van der Waals surface area contributed by atoms with Gasteiger partial charge in [-0.15, -0.1) is 12.8 Å². The third-order valence-electron chi connectivity index (χ3n) is 1.98. The van der Waals surface area contributed by atoms with Crippen LogP contribution in [0.25, 0.3) is 0 Å². The fourth-order valence-electron chi connectivity index (χ4n) is 1.23. The largest absolute Gasteiger partial charge is 0.207 e. The predicted octanol–water partition coefficient (Wildman–Crippen LogP) is 3.81. The first kappa shape index (κ1) is 12.7. The summed E-state index contributed by atoms with van der Waals surface area (Å²) in [6, 6.07) is 6.79. The molecule has 1 aromatic carbocycles. The Labute approximate surface area is 86.2 Å². The van der Waals surface area contributed by atoms with E-state index in [0.29, 0.717) is 0 Å². The summed E-state index contributed by atoms with van der Waals surface area (Å²) in [5, 5.41) is 0. The molecule has 0 spiro atoms. The lowest BCUT2D eigenvalue weighted by Crippen LogP contribution is -1.85. The molecule has 0 aromatic heterocycles. The van der Waals surface area contributed by atoms with Crippen LogP contribution in [0.4, 0.5) is 4.39 Å². The number of halogens is 1. The van der Waals surface area contributed by atoms with Crippen LogP contribution >= 0.6 is 0 Å². The van der Waals surface area contributed by atoms with Crippen LogP contribution in [0, 0.1) is 18.7 Å². The van der Waals surface area contributed by atoms with Gasteiger partial charge in [0.1, 0.15) is 5.82 Å². The molecule has 0 aliphatic heterocycles. The second kappa shape index (κ2) is 8.31. The molecule has 0 amide bonds. The van der Waals surface area contributed by atoms with Gasteiger partial charge in [-0.05, 0) is 30.5 Å². The van der Waals surface area contributed by atoms with E-state index in [0.717, 1.165) is 6.42 Å². The molecule has 0 saturated carbocycles. The molecule has 0 bridgehead atoms. The maximum Gasteiger partial charge on any atom is 0.123 e. The summed E-state index contributed by atoms with van der Waals surface area (Å²) in [5.74, 6) is -0.144. The Morgan fingerprint density at radius 1 is 1.07 bits per heavy atom. The molecule has 0 atom stereocenters. The smallest absolute Gasteiger partial charge is 0.123 e. The van der Waals surface area contributed by atoms with Crippen molar-refractivity contribution in [3.05, 3.63) is 35.6 Å². The van der Waals surface area contributed by atoms with E-state index in [-0.39, 0.29) is 5.82 Å². The molecule has 0 nitrogen and oxygen atoms in total. The Hall–Kier alpha value is -1.29. The van der Waals surface area contributed by atoms with E-state index in [1.54, 1.807) is 0 Å². The van der Waals surface area contributed by atoms with Gasteiger partial charge in [0, 0.05) is 0 Å². The SMILES string of the molecule is C#C.CCCCCc1ccc(F)cc1. The van der Waals surface area contributed by atoms with E-state index in [2.05, 4.69) is 19.8 Å². The molecule has 1 rings (SSSR count). The van der Waals surface area contributed by atoms with Crippen molar-refractivity contribution >= 4 is 0 Å². The first-order valence-electron chi connectivity index (χ1n) is 4.90. The van der Waals surface area contributed by atoms with Gasteiger partial charge < -0.3 is 0 Å². The first-order valence-corrected chi connectivity index (χ1v) is 4.90. The highest BCUT2D eigenvalue weighted by Gasteiger charge is 1.92. The Balaban J connectivity index is 0.000000791. The first-order chi connectivity index (χ1) is 6.83. The molecule has 0 N–H and O–H groups in total. The Morgan fingerprint density at radius 3 is 2.14 bits per heavy atom. The molecular formula is C13H17F. The van der Waals surface area contributed by atoms with Gasteiger partial charge >= 0.3 is 0 Å². The van der Waals surface area contributed by atoms with E-state index < -0.39 is 0 Å². The van der Waals surface area contributed by atoms with Crippen LogP contribution in [0.2, 0.25) is 0 Å². The van der Waals surface area contributed by atoms with Gasteiger partial charge in [0.05, 0.1) is 0 Å². The van der Waals surface area contributed by atoms with Crippen molar-refractivity contribution in [2.24, 2.45) is 0 Å². The highest BCUT2D eigenvalue weighted by Crippen LogP contribution is 2.07. The standard InChI is InChI=1S/C11H15F.C2H2/c1-2-3-4-5-10-6-8-11(12)9-7-10;1-2/h6-9H,2-5H2,1H3;1-2H. The molecule has 0 saturated heterocycles. The molecule has 76 valence electrons. The number of unbranched alkanes of at least 4 members (excludes halogenated alkanes) is 2. The number of terminal acetylenes is 1. The fourth-order valence-corrected chi connectivity index (χ4v) is 1.23. The normalized spacial score (nSPS) is 8.86. The second-order valence-corrected chi connectivity index (χ2v) is 3.08. The zero-order valence-electron chi connectivity index (χ0n) is 8.67. The van der Waals surface area contributed by atoms with Crippen LogP contribution in [0.3, 0.4) is 0 Å². The monoisotopic (exact) mass is 192 g/mol. The Morgan fingerprint density at radius 2 is 1.64 bits per heavy atom. The van der Waals surface area contributed by atoms with Crippen LogP contribution in [-0.4, -0.2) is 0 Å². The van der Waals surface area contributed by atoms with Crippen molar-refractivity contribution in [2.45, 2.75) is 32.6 Å². The van der Waals surface area contributed by atoms with E-state index in [4.69, 9.17) is 0 Å². The van der Waals surface area contributed by atoms with Crippen molar-refractivity contribution in [2.75, 3.05) is 0 Å². The number of hydrogen-bond donors (Lipinski definition) is 0. The minimum absolute atomic E-state index is 0.144. The minimum Gasteiger partial charge on any atom is -0.207 e. The summed E-state index contributed by atoms with van der Waals surface area (Å²) in [6.45, 7) is 2.19. The topological polar surface area (TPSA) is 0 Å². The van der Waals surface area contributed by atoms with Crippen molar-refractivity contribution < 1.29 is 4.39 Å². The highest BCUT2D eigenvalue weighted by atomic mass is 19.1. The summed E-state index contributed by atoms with van der Waals surface area (Å²) in [4.78, 5) is 0. The molecule has 1 aromatic rings. The fraction of sp³-hybridized carbons (Fsp3) is 0.385. The van der Waals surface area contributed by atoms with Crippen LogP contribution in [-0.2, 0) is 6.42 Å². The van der Waals surface area contributed by atoms with Crippen molar-refractivity contribution in [1.82, 2.24) is 0 Å². The maximum atomic E-state index is 12.5. The quantitative estimate of drug-likeness (QED) is 0.502.